The number of hydrogen-bond donors (Lipinski definition) is 1. The Morgan fingerprint density at radius 3 is 2.57 bits per heavy atom. The standard InChI is InChI=1S/C18H24N2O3/c1-6-22-17-10-14(18(21)20(4)5)7-8-16(17)19-11-15-9-12(2)23-13(15)3/h7-10,19H,6,11H2,1-5H3. The highest BCUT2D eigenvalue weighted by molar-refractivity contribution is 5.95. The molecule has 5 heteroatoms. The largest absolute Gasteiger partial charge is 0.492 e. The summed E-state index contributed by atoms with van der Waals surface area (Å²) in [6, 6.07) is 7.49. The van der Waals surface area contributed by atoms with Crippen LogP contribution in [-0.2, 0) is 6.54 Å². The number of nitrogens with zero attached hydrogens (tertiary/aromatic N) is 1. The third kappa shape index (κ3) is 4.06. The molecule has 5 nitrogen and oxygen atoms in total. The summed E-state index contributed by atoms with van der Waals surface area (Å²) in [6.45, 7) is 6.99. The average molecular weight is 316 g/mol. The first-order valence-electron chi connectivity index (χ1n) is 7.70. The summed E-state index contributed by atoms with van der Waals surface area (Å²) in [5, 5.41) is 3.35. The maximum absolute atomic E-state index is 12.1. The zero-order valence-corrected chi connectivity index (χ0v) is 14.4. The van der Waals surface area contributed by atoms with Crippen molar-refractivity contribution in [3.8, 4) is 5.75 Å². The van der Waals surface area contributed by atoms with Crippen LogP contribution in [0.4, 0.5) is 5.69 Å². The van der Waals surface area contributed by atoms with Gasteiger partial charge in [0.2, 0.25) is 0 Å². The van der Waals surface area contributed by atoms with E-state index in [1.165, 1.54) is 0 Å². The fourth-order valence-corrected chi connectivity index (χ4v) is 2.38. The van der Waals surface area contributed by atoms with E-state index in [0.717, 1.165) is 22.8 Å². The first kappa shape index (κ1) is 16.9. The molecule has 124 valence electrons. The number of rotatable bonds is 6. The van der Waals surface area contributed by atoms with Crippen LogP contribution in [-0.4, -0.2) is 31.5 Å². The lowest BCUT2D eigenvalue weighted by atomic mass is 10.1. The Morgan fingerprint density at radius 1 is 1.26 bits per heavy atom. The topological polar surface area (TPSA) is 54.7 Å². The van der Waals surface area contributed by atoms with Crippen LogP contribution in [0.1, 0.15) is 34.4 Å². The van der Waals surface area contributed by atoms with Crippen molar-refractivity contribution < 1.29 is 13.9 Å². The molecule has 0 unspecified atom stereocenters. The van der Waals surface area contributed by atoms with Crippen molar-refractivity contribution in [3.05, 3.63) is 46.9 Å². The van der Waals surface area contributed by atoms with Gasteiger partial charge in [-0.3, -0.25) is 4.79 Å². The van der Waals surface area contributed by atoms with Gasteiger partial charge in [0.25, 0.3) is 5.91 Å². The predicted octanol–water partition coefficient (Wildman–Crippen LogP) is 3.61. The van der Waals surface area contributed by atoms with Gasteiger partial charge in [-0.05, 0) is 45.0 Å². The quantitative estimate of drug-likeness (QED) is 0.884. The predicted molar refractivity (Wildman–Crippen MR) is 91.1 cm³/mol. The van der Waals surface area contributed by atoms with E-state index in [0.29, 0.717) is 24.5 Å². The molecule has 0 spiro atoms. The molecule has 1 aromatic carbocycles. The van der Waals surface area contributed by atoms with E-state index < -0.39 is 0 Å². The molecule has 1 amide bonds. The maximum Gasteiger partial charge on any atom is 0.253 e. The summed E-state index contributed by atoms with van der Waals surface area (Å²) in [7, 11) is 3.47. The van der Waals surface area contributed by atoms with Crippen LogP contribution in [0.25, 0.3) is 0 Å². The summed E-state index contributed by atoms with van der Waals surface area (Å²) in [5.74, 6) is 2.44. The van der Waals surface area contributed by atoms with Crippen LogP contribution in [0.15, 0.2) is 28.7 Å². The number of carbonyl (C=O) groups excluding carboxylic acids is 1. The Balaban J connectivity index is 2.20. The van der Waals surface area contributed by atoms with Crippen molar-refractivity contribution >= 4 is 11.6 Å². The lowest BCUT2D eigenvalue weighted by Gasteiger charge is -2.15. The molecule has 0 saturated carbocycles. The monoisotopic (exact) mass is 316 g/mol. The minimum Gasteiger partial charge on any atom is -0.492 e. The molecule has 0 aliphatic rings. The van der Waals surface area contributed by atoms with Crippen molar-refractivity contribution in [1.82, 2.24) is 4.90 Å². The first-order chi connectivity index (χ1) is 10.9. The Kier molecular flexibility index (Phi) is 5.32. The highest BCUT2D eigenvalue weighted by Crippen LogP contribution is 2.27. The molecule has 0 bridgehead atoms. The van der Waals surface area contributed by atoms with Crippen LogP contribution in [0.2, 0.25) is 0 Å². The molecule has 0 aliphatic heterocycles. The van der Waals surface area contributed by atoms with Crippen molar-refractivity contribution in [2.75, 3.05) is 26.0 Å². The summed E-state index contributed by atoms with van der Waals surface area (Å²) >= 11 is 0. The van der Waals surface area contributed by atoms with Crippen molar-refractivity contribution in [2.24, 2.45) is 0 Å². The van der Waals surface area contributed by atoms with E-state index >= 15 is 0 Å². The summed E-state index contributed by atoms with van der Waals surface area (Å²) in [6.07, 6.45) is 0. The number of nitrogens with one attached hydrogen (secondary N) is 1. The third-order valence-corrected chi connectivity index (χ3v) is 3.55. The minimum absolute atomic E-state index is 0.0428. The zero-order chi connectivity index (χ0) is 17.0. The zero-order valence-electron chi connectivity index (χ0n) is 14.4. The summed E-state index contributed by atoms with van der Waals surface area (Å²) in [4.78, 5) is 13.6. The first-order valence-corrected chi connectivity index (χ1v) is 7.70. The van der Waals surface area contributed by atoms with Gasteiger partial charge in [0.05, 0.1) is 12.3 Å². The molecule has 1 heterocycles. The van der Waals surface area contributed by atoms with Gasteiger partial charge in [-0.25, -0.2) is 0 Å². The molecule has 0 radical (unpaired) electrons. The van der Waals surface area contributed by atoms with Crippen molar-refractivity contribution in [1.29, 1.82) is 0 Å². The molecule has 23 heavy (non-hydrogen) atoms. The second-order valence-corrected chi connectivity index (χ2v) is 5.64. The van der Waals surface area contributed by atoms with Crippen molar-refractivity contribution in [3.63, 3.8) is 0 Å². The Bertz CT molecular complexity index is 690. The molecule has 1 N–H and O–H groups in total. The van der Waals surface area contributed by atoms with Gasteiger partial charge in [0, 0.05) is 31.8 Å². The van der Waals surface area contributed by atoms with Crippen LogP contribution in [0.5, 0.6) is 5.75 Å². The van der Waals surface area contributed by atoms with Gasteiger partial charge in [-0.2, -0.15) is 0 Å². The molecule has 2 rings (SSSR count). The smallest absolute Gasteiger partial charge is 0.253 e. The van der Waals surface area contributed by atoms with Crippen LogP contribution >= 0.6 is 0 Å². The molecule has 2 aromatic rings. The Morgan fingerprint density at radius 2 is 2.00 bits per heavy atom. The molecule has 0 saturated heterocycles. The SMILES string of the molecule is CCOc1cc(C(=O)N(C)C)ccc1NCc1cc(C)oc1C. The van der Waals surface area contributed by atoms with E-state index in [2.05, 4.69) is 5.32 Å². The van der Waals surface area contributed by atoms with Gasteiger partial charge in [-0.15, -0.1) is 0 Å². The number of carbonyl (C=O) groups is 1. The van der Waals surface area contributed by atoms with E-state index in [4.69, 9.17) is 9.15 Å². The highest BCUT2D eigenvalue weighted by atomic mass is 16.5. The summed E-state index contributed by atoms with van der Waals surface area (Å²) in [5.41, 5.74) is 2.58. The average Bonchev–Trinajstić information content (AvgIpc) is 2.83. The second-order valence-electron chi connectivity index (χ2n) is 5.64. The van der Waals surface area contributed by atoms with Crippen LogP contribution < -0.4 is 10.1 Å². The Labute approximate surface area is 137 Å². The number of benzene rings is 1. The van der Waals surface area contributed by atoms with Crippen LogP contribution in [0.3, 0.4) is 0 Å². The molecule has 0 atom stereocenters. The van der Waals surface area contributed by atoms with Crippen molar-refractivity contribution in [2.45, 2.75) is 27.3 Å². The molecule has 0 fully saturated rings. The van der Waals surface area contributed by atoms with Gasteiger partial charge in [-0.1, -0.05) is 0 Å². The minimum atomic E-state index is -0.0428. The molecule has 0 aliphatic carbocycles. The number of ether oxygens (including phenoxy) is 1. The normalized spacial score (nSPS) is 10.5. The number of aryl methyl sites for hydroxylation is 2. The van der Waals surface area contributed by atoms with Crippen LogP contribution in [0, 0.1) is 13.8 Å². The molecule has 1 aromatic heterocycles. The van der Waals surface area contributed by atoms with Gasteiger partial charge >= 0.3 is 0 Å². The van der Waals surface area contributed by atoms with Gasteiger partial charge < -0.3 is 19.4 Å². The number of anilines is 1. The van der Waals surface area contributed by atoms with E-state index in [-0.39, 0.29) is 5.91 Å². The number of furan rings is 1. The van der Waals surface area contributed by atoms with E-state index in [1.807, 2.05) is 32.9 Å². The lowest BCUT2D eigenvalue weighted by Crippen LogP contribution is -2.21. The van der Waals surface area contributed by atoms with Gasteiger partial charge in [0.1, 0.15) is 17.3 Å². The molecular weight excluding hydrogens is 292 g/mol. The Hall–Kier alpha value is -2.43. The number of hydrogen-bond acceptors (Lipinski definition) is 4. The molecular formula is C18H24N2O3. The van der Waals surface area contributed by atoms with E-state index in [1.54, 1.807) is 31.1 Å². The van der Waals surface area contributed by atoms with Gasteiger partial charge in [0.15, 0.2) is 0 Å². The summed E-state index contributed by atoms with van der Waals surface area (Å²) < 4.78 is 11.2. The fraction of sp³-hybridized carbons (Fsp3) is 0.389. The number of amides is 1. The third-order valence-electron chi connectivity index (χ3n) is 3.55. The lowest BCUT2D eigenvalue weighted by molar-refractivity contribution is 0.0827. The second kappa shape index (κ2) is 7.22. The van der Waals surface area contributed by atoms with E-state index in [9.17, 15) is 4.79 Å². The fourth-order valence-electron chi connectivity index (χ4n) is 2.38. The maximum atomic E-state index is 12.1. The highest BCUT2D eigenvalue weighted by Gasteiger charge is 2.13.